The quantitative estimate of drug-likeness (QED) is 0.708. The van der Waals surface area contributed by atoms with E-state index in [2.05, 4.69) is 45.0 Å². The Balaban J connectivity index is 2.69. The Labute approximate surface area is 125 Å². The van der Waals surface area contributed by atoms with E-state index in [1.54, 1.807) is 0 Å². The molecule has 1 atom stereocenters. The lowest BCUT2D eigenvalue weighted by atomic mass is 9.86. The van der Waals surface area contributed by atoms with Crippen molar-refractivity contribution in [2.45, 2.75) is 53.1 Å². The highest BCUT2D eigenvalue weighted by Crippen LogP contribution is 2.25. The summed E-state index contributed by atoms with van der Waals surface area (Å²) in [6.45, 7) is 13.8. The fourth-order valence-electron chi connectivity index (χ4n) is 1.81. The van der Waals surface area contributed by atoms with Crippen molar-refractivity contribution in [3.05, 3.63) is 35.4 Å². The Hall–Kier alpha value is -0.683. The second kappa shape index (κ2) is 7.93. The van der Waals surface area contributed by atoms with Crippen LogP contribution in [0.5, 0.6) is 0 Å². The van der Waals surface area contributed by atoms with Gasteiger partial charge in [0.25, 0.3) is 0 Å². The fraction of sp³-hybridized carbons (Fsp3) is 0.625. The van der Waals surface area contributed by atoms with E-state index in [0.29, 0.717) is 13.2 Å². The van der Waals surface area contributed by atoms with Gasteiger partial charge in [0, 0.05) is 13.2 Å². The molecule has 0 aliphatic heterocycles. The maximum atomic E-state index is 5.90. The summed E-state index contributed by atoms with van der Waals surface area (Å²) in [5.41, 5.74) is 2.65. The first kappa shape index (κ1) is 17.4. The van der Waals surface area contributed by atoms with Gasteiger partial charge in [-0.2, -0.15) is 0 Å². The van der Waals surface area contributed by atoms with E-state index in [9.17, 15) is 0 Å². The number of hydrogen-bond acceptors (Lipinski definition) is 3. The molecule has 0 aliphatic carbocycles. The van der Waals surface area contributed by atoms with Crippen LogP contribution >= 0.6 is 0 Å². The van der Waals surface area contributed by atoms with E-state index in [1.807, 2.05) is 20.8 Å². The molecule has 0 heterocycles. The minimum Gasteiger partial charge on any atom is -0.371 e. The lowest BCUT2D eigenvalue weighted by molar-refractivity contribution is 0.0700. The van der Waals surface area contributed by atoms with Crippen LogP contribution in [0.2, 0.25) is 0 Å². The smallest absolute Gasteiger partial charge is 0.371 e. The average Bonchev–Trinajstić information content (AvgIpc) is 2.38. The molecule has 0 aliphatic rings. The largest absolute Gasteiger partial charge is 0.578 e. The van der Waals surface area contributed by atoms with Crippen LogP contribution in [-0.2, 0) is 18.7 Å². The minimum absolute atomic E-state index is 0.0176. The number of rotatable bonds is 7. The third-order valence-electron chi connectivity index (χ3n) is 3.04. The van der Waals surface area contributed by atoms with Gasteiger partial charge < -0.3 is 13.3 Å². The molecule has 1 aromatic rings. The van der Waals surface area contributed by atoms with Crippen LogP contribution in [0.15, 0.2) is 24.3 Å². The number of benzene rings is 1. The molecule has 0 aromatic heterocycles. The zero-order chi connectivity index (χ0) is 15.2. The summed E-state index contributed by atoms with van der Waals surface area (Å²) in [5, 5.41) is 0. The van der Waals surface area contributed by atoms with Gasteiger partial charge in [0.05, 0.1) is 6.10 Å². The van der Waals surface area contributed by atoms with Gasteiger partial charge in [-0.1, -0.05) is 45.0 Å². The zero-order valence-corrected chi connectivity index (χ0v) is 14.5. The first-order valence-electron chi connectivity index (χ1n) is 7.28. The van der Waals surface area contributed by atoms with Crippen LogP contribution in [0.3, 0.4) is 0 Å². The third-order valence-corrected chi connectivity index (χ3v) is 4.64. The molecule has 4 heteroatoms. The topological polar surface area (TPSA) is 27.7 Å². The van der Waals surface area contributed by atoms with Gasteiger partial charge in [0.2, 0.25) is 0 Å². The second-order valence-electron chi connectivity index (χ2n) is 5.75. The van der Waals surface area contributed by atoms with E-state index < -0.39 is 9.53 Å². The van der Waals surface area contributed by atoms with Gasteiger partial charge in [-0.3, -0.25) is 0 Å². The molecule has 1 rings (SSSR count). The second-order valence-corrected chi connectivity index (χ2v) is 7.06. The van der Waals surface area contributed by atoms with Gasteiger partial charge in [-0.15, -0.1) is 0 Å². The van der Waals surface area contributed by atoms with Crippen molar-refractivity contribution >= 4 is 9.53 Å². The Morgan fingerprint density at radius 2 is 1.50 bits per heavy atom. The van der Waals surface area contributed by atoms with E-state index in [1.165, 1.54) is 5.56 Å². The normalized spacial score (nSPS) is 13.8. The van der Waals surface area contributed by atoms with Gasteiger partial charge in [0.1, 0.15) is 0 Å². The minimum atomic E-state index is -1.63. The van der Waals surface area contributed by atoms with Crippen molar-refractivity contribution in [3.63, 3.8) is 0 Å². The van der Waals surface area contributed by atoms with Crippen molar-refractivity contribution in [2.24, 2.45) is 0 Å². The highest BCUT2D eigenvalue weighted by atomic mass is 28.3. The molecular weight excluding hydrogens is 268 g/mol. The van der Waals surface area contributed by atoms with Crippen molar-refractivity contribution < 1.29 is 13.3 Å². The molecule has 0 fully saturated rings. The summed E-state index contributed by atoms with van der Waals surface area (Å²) in [6, 6.07) is 8.59. The predicted octanol–water partition coefficient (Wildman–Crippen LogP) is 4.12. The molecule has 1 radical (unpaired) electrons. The standard InChI is InChI=1S/C16H27O3Si/c1-7-17-20(18-8-2)19-13(3)14-9-11-15(12-10-14)16(4,5)6/h9-13H,7-8H2,1-6H3. The Kier molecular flexibility index (Phi) is 6.89. The molecule has 20 heavy (non-hydrogen) atoms. The summed E-state index contributed by atoms with van der Waals surface area (Å²) in [4.78, 5) is 0. The zero-order valence-electron chi connectivity index (χ0n) is 13.5. The molecular formula is C16H27O3Si. The van der Waals surface area contributed by atoms with Crippen LogP contribution in [0, 0.1) is 0 Å². The molecule has 0 saturated carbocycles. The summed E-state index contributed by atoms with van der Waals surface area (Å²) >= 11 is 0. The van der Waals surface area contributed by atoms with E-state index in [-0.39, 0.29) is 11.5 Å². The van der Waals surface area contributed by atoms with Crippen LogP contribution < -0.4 is 0 Å². The summed E-state index contributed by atoms with van der Waals surface area (Å²) in [7, 11) is -1.63. The Bertz CT molecular complexity index is 378. The fourth-order valence-corrected chi connectivity index (χ4v) is 2.93. The van der Waals surface area contributed by atoms with Gasteiger partial charge >= 0.3 is 9.53 Å². The van der Waals surface area contributed by atoms with E-state index >= 15 is 0 Å². The number of hydrogen-bond donors (Lipinski definition) is 0. The highest BCUT2D eigenvalue weighted by Gasteiger charge is 2.22. The Morgan fingerprint density at radius 3 is 1.90 bits per heavy atom. The monoisotopic (exact) mass is 295 g/mol. The summed E-state index contributed by atoms with van der Waals surface area (Å²) < 4.78 is 16.9. The van der Waals surface area contributed by atoms with Crippen molar-refractivity contribution in [1.29, 1.82) is 0 Å². The van der Waals surface area contributed by atoms with Crippen LogP contribution in [0.25, 0.3) is 0 Å². The predicted molar refractivity (Wildman–Crippen MR) is 83.6 cm³/mol. The summed E-state index contributed by atoms with van der Waals surface area (Å²) in [5.74, 6) is 0. The SMILES string of the molecule is CCO[Si](OCC)OC(C)c1ccc(C(C)(C)C)cc1. The molecule has 1 unspecified atom stereocenters. The van der Waals surface area contributed by atoms with Crippen molar-refractivity contribution in [1.82, 2.24) is 0 Å². The highest BCUT2D eigenvalue weighted by molar-refractivity contribution is 6.36. The van der Waals surface area contributed by atoms with E-state index in [4.69, 9.17) is 13.3 Å². The average molecular weight is 295 g/mol. The summed E-state index contributed by atoms with van der Waals surface area (Å²) in [6.07, 6.45) is -0.0176. The first-order valence-corrected chi connectivity index (χ1v) is 8.50. The van der Waals surface area contributed by atoms with Crippen LogP contribution in [0.4, 0.5) is 0 Å². The molecule has 113 valence electrons. The van der Waals surface area contributed by atoms with Crippen LogP contribution in [-0.4, -0.2) is 22.7 Å². The lowest BCUT2D eigenvalue weighted by Crippen LogP contribution is -2.28. The maximum absolute atomic E-state index is 5.90. The van der Waals surface area contributed by atoms with Gasteiger partial charge in [-0.05, 0) is 37.3 Å². The lowest BCUT2D eigenvalue weighted by Gasteiger charge is -2.22. The van der Waals surface area contributed by atoms with Crippen LogP contribution in [0.1, 0.15) is 58.8 Å². The molecule has 0 saturated heterocycles. The molecule has 0 amide bonds. The maximum Gasteiger partial charge on any atom is 0.578 e. The van der Waals surface area contributed by atoms with Gasteiger partial charge in [0.15, 0.2) is 0 Å². The van der Waals surface area contributed by atoms with Gasteiger partial charge in [-0.25, -0.2) is 0 Å². The molecule has 0 bridgehead atoms. The van der Waals surface area contributed by atoms with E-state index in [0.717, 1.165) is 5.56 Å². The molecule has 0 N–H and O–H groups in total. The van der Waals surface area contributed by atoms with Crippen molar-refractivity contribution in [3.8, 4) is 0 Å². The van der Waals surface area contributed by atoms with Crippen molar-refractivity contribution in [2.75, 3.05) is 13.2 Å². The molecule has 0 spiro atoms. The Morgan fingerprint density at radius 1 is 1.00 bits per heavy atom. The third kappa shape index (κ3) is 5.36. The molecule has 1 aromatic carbocycles. The first-order chi connectivity index (χ1) is 9.38. The molecule has 3 nitrogen and oxygen atoms in total.